The number of sulfonamides is 1. The molecule has 1 aliphatic heterocycles. The van der Waals surface area contributed by atoms with Crippen LogP contribution in [-0.4, -0.2) is 20.4 Å². The molecule has 2 aromatic rings. The van der Waals surface area contributed by atoms with Gasteiger partial charge in [0.1, 0.15) is 10.7 Å². The maximum Gasteiger partial charge on any atom is 0.263 e. The molecule has 0 aromatic heterocycles. The Bertz CT molecular complexity index is 962. The molecule has 5 nitrogen and oxygen atoms in total. The Kier molecular flexibility index (Phi) is 4.59. The molecular weight excluding hydrogens is 411 g/mol. The highest BCUT2D eigenvalue weighted by molar-refractivity contribution is 9.10. The highest BCUT2D eigenvalue weighted by atomic mass is 79.9. The van der Waals surface area contributed by atoms with Gasteiger partial charge in [-0.15, -0.1) is 0 Å². The molecule has 0 saturated heterocycles. The zero-order valence-electron chi connectivity index (χ0n) is 13.6. The molecule has 0 aliphatic carbocycles. The normalized spacial score (nSPS) is 16.6. The van der Waals surface area contributed by atoms with Crippen molar-refractivity contribution in [3.63, 3.8) is 0 Å². The summed E-state index contributed by atoms with van der Waals surface area (Å²) in [6, 6.07) is 8.38. The van der Waals surface area contributed by atoms with Crippen LogP contribution in [0.5, 0.6) is 0 Å². The van der Waals surface area contributed by atoms with Crippen LogP contribution in [0.2, 0.25) is 0 Å². The van der Waals surface area contributed by atoms with Crippen LogP contribution >= 0.6 is 15.9 Å². The minimum atomic E-state index is -3.95. The minimum Gasteiger partial charge on any atom is -0.309 e. The zero-order chi connectivity index (χ0) is 18.4. The van der Waals surface area contributed by atoms with Crippen molar-refractivity contribution in [1.29, 1.82) is 0 Å². The summed E-state index contributed by atoms with van der Waals surface area (Å²) in [5.74, 6) is -0.681. The highest BCUT2D eigenvalue weighted by Crippen LogP contribution is 2.38. The monoisotopic (exact) mass is 426 g/mol. The number of anilines is 2. The summed E-state index contributed by atoms with van der Waals surface area (Å²) in [4.78, 5) is 13.5. The molecule has 0 saturated carbocycles. The first kappa shape index (κ1) is 17.9. The summed E-state index contributed by atoms with van der Waals surface area (Å²) in [5, 5.41) is 0. The van der Waals surface area contributed by atoms with E-state index in [1.165, 1.54) is 31.2 Å². The van der Waals surface area contributed by atoms with Gasteiger partial charge in [-0.25, -0.2) is 12.8 Å². The third-order valence-electron chi connectivity index (χ3n) is 4.05. The van der Waals surface area contributed by atoms with Gasteiger partial charge in [0.05, 0.1) is 5.69 Å². The van der Waals surface area contributed by atoms with Gasteiger partial charge in [0, 0.05) is 23.1 Å². The Labute approximate surface area is 154 Å². The van der Waals surface area contributed by atoms with Crippen LogP contribution in [0.1, 0.15) is 19.4 Å². The first-order valence-electron chi connectivity index (χ1n) is 7.59. The number of fused-ring (bicyclic) bond motifs is 1. The molecule has 0 spiro atoms. The van der Waals surface area contributed by atoms with Gasteiger partial charge < -0.3 is 4.90 Å². The lowest BCUT2D eigenvalue weighted by atomic mass is 10.1. The van der Waals surface area contributed by atoms with Gasteiger partial charge in [-0.1, -0.05) is 6.07 Å². The van der Waals surface area contributed by atoms with Gasteiger partial charge in [-0.2, -0.15) is 0 Å². The van der Waals surface area contributed by atoms with Crippen molar-refractivity contribution in [2.24, 2.45) is 0 Å². The lowest BCUT2D eigenvalue weighted by Gasteiger charge is -2.21. The first-order chi connectivity index (χ1) is 11.7. The van der Waals surface area contributed by atoms with E-state index in [9.17, 15) is 17.6 Å². The van der Waals surface area contributed by atoms with Crippen molar-refractivity contribution in [3.05, 3.63) is 52.3 Å². The molecule has 2 aromatic carbocycles. The summed E-state index contributed by atoms with van der Waals surface area (Å²) in [5.41, 5.74) is 1.62. The Morgan fingerprint density at radius 1 is 1.32 bits per heavy atom. The van der Waals surface area contributed by atoms with Crippen LogP contribution in [0.4, 0.5) is 15.8 Å². The highest BCUT2D eigenvalue weighted by Gasteiger charge is 2.32. The molecule has 1 N–H and O–H groups in total. The number of benzene rings is 2. The quantitative estimate of drug-likeness (QED) is 0.813. The van der Waals surface area contributed by atoms with E-state index in [2.05, 4.69) is 20.7 Å². The average molecular weight is 427 g/mol. The van der Waals surface area contributed by atoms with E-state index in [4.69, 9.17) is 0 Å². The van der Waals surface area contributed by atoms with Crippen LogP contribution < -0.4 is 9.62 Å². The molecule has 0 fully saturated rings. The van der Waals surface area contributed by atoms with E-state index in [1.54, 1.807) is 11.0 Å². The topological polar surface area (TPSA) is 66.5 Å². The summed E-state index contributed by atoms with van der Waals surface area (Å²) in [6.45, 7) is 3.36. The Morgan fingerprint density at radius 2 is 2.04 bits per heavy atom. The third kappa shape index (κ3) is 3.41. The summed E-state index contributed by atoms with van der Waals surface area (Å²) < 4.78 is 41.5. The molecular formula is C17H16BrFN2O3S. The Morgan fingerprint density at radius 3 is 2.68 bits per heavy atom. The molecule has 1 aliphatic rings. The molecule has 1 atom stereocenters. The Balaban J connectivity index is 2.04. The minimum absolute atomic E-state index is 0.00383. The average Bonchev–Trinajstić information content (AvgIpc) is 2.80. The first-order valence-corrected chi connectivity index (χ1v) is 9.87. The molecule has 25 heavy (non-hydrogen) atoms. The number of nitrogens with zero attached hydrogens (tertiary/aromatic N) is 1. The summed E-state index contributed by atoms with van der Waals surface area (Å²) in [7, 11) is -3.95. The maximum absolute atomic E-state index is 13.3. The SMILES string of the molecule is CC(=O)N1c2cc(S(=O)(=O)Nc3cccc(F)c3)c(Br)cc2C[C@H]1C. The molecule has 1 amide bonds. The molecule has 132 valence electrons. The van der Waals surface area contributed by atoms with Gasteiger partial charge in [0.25, 0.3) is 10.0 Å². The van der Waals surface area contributed by atoms with Gasteiger partial charge in [-0.3, -0.25) is 9.52 Å². The number of hydrogen-bond donors (Lipinski definition) is 1. The van der Waals surface area contributed by atoms with Gasteiger partial charge in [0.2, 0.25) is 5.91 Å². The summed E-state index contributed by atoms with van der Waals surface area (Å²) in [6.07, 6.45) is 0.658. The lowest BCUT2D eigenvalue weighted by molar-refractivity contribution is -0.116. The fourth-order valence-corrected chi connectivity index (χ4v) is 5.23. The lowest BCUT2D eigenvalue weighted by Crippen LogP contribution is -2.33. The molecule has 0 radical (unpaired) electrons. The summed E-state index contributed by atoms with van der Waals surface area (Å²) >= 11 is 3.29. The fraction of sp³-hybridized carbons (Fsp3) is 0.235. The molecule has 8 heteroatoms. The van der Waals surface area contributed by atoms with Crippen molar-refractivity contribution in [3.8, 4) is 0 Å². The van der Waals surface area contributed by atoms with Crippen molar-refractivity contribution in [1.82, 2.24) is 0 Å². The van der Waals surface area contributed by atoms with Crippen LogP contribution in [0.3, 0.4) is 0 Å². The number of amides is 1. The van der Waals surface area contributed by atoms with Crippen molar-refractivity contribution in [2.45, 2.75) is 31.2 Å². The standard InChI is InChI=1S/C17H16BrFN2O3S/c1-10-6-12-7-15(18)17(9-16(12)21(10)11(2)22)25(23,24)20-14-5-3-4-13(19)8-14/h3-5,7-10,20H,6H2,1-2H3/t10-/m1/s1. The maximum atomic E-state index is 13.3. The molecule has 0 unspecified atom stereocenters. The Hall–Kier alpha value is -1.93. The fourth-order valence-electron chi connectivity index (χ4n) is 3.07. The van der Waals surface area contributed by atoms with E-state index in [1.807, 2.05) is 6.92 Å². The second kappa shape index (κ2) is 6.42. The predicted octanol–water partition coefficient (Wildman–Crippen LogP) is 3.69. The second-order valence-corrected chi connectivity index (χ2v) is 8.47. The zero-order valence-corrected chi connectivity index (χ0v) is 16.0. The second-order valence-electron chi connectivity index (χ2n) is 5.97. The van der Waals surface area contributed by atoms with Crippen molar-refractivity contribution < 1.29 is 17.6 Å². The smallest absolute Gasteiger partial charge is 0.263 e. The molecule has 3 rings (SSSR count). The van der Waals surface area contributed by atoms with Gasteiger partial charge in [-0.05, 0) is 65.2 Å². The van der Waals surface area contributed by atoms with Crippen molar-refractivity contribution in [2.75, 3.05) is 9.62 Å². The predicted molar refractivity (Wildman–Crippen MR) is 97.7 cm³/mol. The van der Waals surface area contributed by atoms with Crippen LogP contribution in [0, 0.1) is 5.82 Å². The van der Waals surface area contributed by atoms with E-state index in [-0.39, 0.29) is 22.5 Å². The number of rotatable bonds is 3. The van der Waals surface area contributed by atoms with E-state index >= 15 is 0 Å². The number of halogens is 2. The van der Waals surface area contributed by atoms with Crippen molar-refractivity contribution >= 4 is 43.2 Å². The van der Waals surface area contributed by atoms with E-state index in [0.29, 0.717) is 16.6 Å². The number of carbonyl (C=O) groups is 1. The van der Waals surface area contributed by atoms with Gasteiger partial charge in [0.15, 0.2) is 0 Å². The van der Waals surface area contributed by atoms with Gasteiger partial charge >= 0.3 is 0 Å². The van der Waals surface area contributed by atoms with E-state index < -0.39 is 15.8 Å². The number of carbonyl (C=O) groups excluding carboxylic acids is 1. The van der Waals surface area contributed by atoms with E-state index in [0.717, 1.165) is 11.6 Å². The van der Waals surface area contributed by atoms with Crippen LogP contribution in [-0.2, 0) is 21.2 Å². The number of hydrogen-bond acceptors (Lipinski definition) is 3. The van der Waals surface area contributed by atoms with Crippen LogP contribution in [0.15, 0.2) is 45.8 Å². The third-order valence-corrected chi connectivity index (χ3v) is 6.39. The largest absolute Gasteiger partial charge is 0.309 e. The molecule has 0 bridgehead atoms. The van der Waals surface area contributed by atoms with Crippen LogP contribution in [0.25, 0.3) is 0 Å². The molecule has 1 heterocycles. The number of nitrogens with one attached hydrogen (secondary N) is 1.